The number of halogens is 1. The number of aromatic nitrogens is 1. The molecule has 0 radical (unpaired) electrons. The van der Waals surface area contributed by atoms with Gasteiger partial charge in [-0.2, -0.15) is 0 Å². The van der Waals surface area contributed by atoms with Crippen LogP contribution in [0.2, 0.25) is 0 Å². The van der Waals surface area contributed by atoms with Crippen molar-refractivity contribution in [3.8, 4) is 0 Å². The van der Waals surface area contributed by atoms with Crippen molar-refractivity contribution in [3.05, 3.63) is 60.2 Å². The molecule has 1 amide bonds. The summed E-state index contributed by atoms with van der Waals surface area (Å²) in [6.45, 7) is 2.07. The standard InChI is InChI=1S/C18H16FN3O2/c19-14-3-1-13(2-4-14)11-21-8-9-22(12-17(21)23)18-15-6-10-24-16(15)5-7-20-18/h1-7,10H,8-9,11-12H2. The van der Waals surface area contributed by atoms with E-state index in [1.807, 2.05) is 17.0 Å². The van der Waals surface area contributed by atoms with Crippen molar-refractivity contribution in [2.45, 2.75) is 6.54 Å². The van der Waals surface area contributed by atoms with Gasteiger partial charge in [-0.05, 0) is 29.8 Å². The summed E-state index contributed by atoms with van der Waals surface area (Å²) in [7, 11) is 0. The second kappa shape index (κ2) is 5.96. The minimum Gasteiger partial charge on any atom is -0.464 e. The molecule has 1 aromatic carbocycles. The molecule has 122 valence electrons. The van der Waals surface area contributed by atoms with Gasteiger partial charge in [-0.15, -0.1) is 0 Å². The van der Waals surface area contributed by atoms with Crippen LogP contribution in [0.3, 0.4) is 0 Å². The number of amides is 1. The van der Waals surface area contributed by atoms with E-state index in [9.17, 15) is 9.18 Å². The number of pyridine rings is 1. The van der Waals surface area contributed by atoms with E-state index < -0.39 is 0 Å². The highest BCUT2D eigenvalue weighted by Gasteiger charge is 2.26. The number of hydrogen-bond donors (Lipinski definition) is 0. The molecule has 1 aliphatic rings. The van der Waals surface area contributed by atoms with Crippen molar-refractivity contribution >= 4 is 22.7 Å². The molecule has 1 aliphatic heterocycles. The van der Waals surface area contributed by atoms with Crippen molar-refractivity contribution in [1.29, 1.82) is 0 Å². The molecule has 0 bridgehead atoms. The summed E-state index contributed by atoms with van der Waals surface area (Å²) in [4.78, 5) is 20.7. The minimum atomic E-state index is -0.269. The van der Waals surface area contributed by atoms with E-state index >= 15 is 0 Å². The quantitative estimate of drug-likeness (QED) is 0.743. The Morgan fingerprint density at radius 1 is 1.12 bits per heavy atom. The maximum Gasteiger partial charge on any atom is 0.242 e. The molecule has 0 N–H and O–H groups in total. The van der Waals surface area contributed by atoms with E-state index in [1.54, 1.807) is 29.5 Å². The zero-order valence-corrected chi connectivity index (χ0v) is 13.0. The highest BCUT2D eigenvalue weighted by atomic mass is 19.1. The Morgan fingerprint density at radius 3 is 2.75 bits per heavy atom. The highest BCUT2D eigenvalue weighted by molar-refractivity contribution is 5.91. The number of benzene rings is 1. The lowest BCUT2D eigenvalue weighted by atomic mass is 10.2. The van der Waals surface area contributed by atoms with Crippen molar-refractivity contribution in [2.75, 3.05) is 24.5 Å². The van der Waals surface area contributed by atoms with Gasteiger partial charge in [0.05, 0.1) is 18.2 Å². The lowest BCUT2D eigenvalue weighted by molar-refractivity contribution is -0.131. The first-order chi connectivity index (χ1) is 11.7. The van der Waals surface area contributed by atoms with Gasteiger partial charge in [0, 0.05) is 25.8 Å². The average molecular weight is 325 g/mol. The molecule has 24 heavy (non-hydrogen) atoms. The van der Waals surface area contributed by atoms with Crippen molar-refractivity contribution < 1.29 is 13.6 Å². The van der Waals surface area contributed by atoms with Crippen molar-refractivity contribution in [1.82, 2.24) is 9.88 Å². The SMILES string of the molecule is O=C1CN(c2nccc3occc23)CCN1Cc1ccc(F)cc1. The molecular weight excluding hydrogens is 309 g/mol. The van der Waals surface area contributed by atoms with Crippen LogP contribution in [0, 0.1) is 5.82 Å². The molecule has 6 heteroatoms. The Balaban J connectivity index is 1.49. The second-order valence-corrected chi connectivity index (χ2v) is 5.83. The van der Waals surface area contributed by atoms with E-state index in [-0.39, 0.29) is 18.3 Å². The number of nitrogens with zero attached hydrogens (tertiary/aromatic N) is 3. The molecule has 0 saturated carbocycles. The fourth-order valence-electron chi connectivity index (χ4n) is 3.00. The number of carbonyl (C=O) groups is 1. The first kappa shape index (κ1) is 14.7. The maximum absolute atomic E-state index is 13.0. The molecular formula is C18H16FN3O2. The van der Waals surface area contributed by atoms with E-state index in [0.29, 0.717) is 19.6 Å². The Labute approximate surface area is 138 Å². The highest BCUT2D eigenvalue weighted by Crippen LogP contribution is 2.26. The third kappa shape index (κ3) is 2.71. The molecule has 0 spiro atoms. The van der Waals surface area contributed by atoms with Crippen molar-refractivity contribution in [3.63, 3.8) is 0 Å². The summed E-state index contributed by atoms with van der Waals surface area (Å²) in [5.74, 6) is 0.540. The minimum absolute atomic E-state index is 0.0351. The Bertz CT molecular complexity index is 875. The summed E-state index contributed by atoms with van der Waals surface area (Å²) in [6.07, 6.45) is 3.32. The van der Waals surface area contributed by atoms with E-state index in [0.717, 1.165) is 22.4 Å². The van der Waals surface area contributed by atoms with Crippen LogP contribution in [-0.2, 0) is 11.3 Å². The number of carbonyl (C=O) groups excluding carboxylic acids is 1. The number of fused-ring (bicyclic) bond motifs is 1. The van der Waals surface area contributed by atoms with Crippen LogP contribution < -0.4 is 4.90 Å². The topological polar surface area (TPSA) is 49.6 Å². The molecule has 0 atom stereocenters. The number of piperazine rings is 1. The predicted molar refractivity (Wildman–Crippen MR) is 88.0 cm³/mol. The molecule has 3 aromatic rings. The van der Waals surface area contributed by atoms with Gasteiger partial charge < -0.3 is 14.2 Å². The van der Waals surface area contributed by atoms with Crippen LogP contribution in [0.4, 0.5) is 10.2 Å². The summed E-state index contributed by atoms with van der Waals surface area (Å²) in [6, 6.07) is 9.93. The zero-order valence-electron chi connectivity index (χ0n) is 13.0. The predicted octanol–water partition coefficient (Wildman–Crippen LogP) is 2.82. The van der Waals surface area contributed by atoms with Crippen LogP contribution in [0.1, 0.15) is 5.56 Å². The summed E-state index contributed by atoms with van der Waals surface area (Å²) in [5.41, 5.74) is 1.69. The number of hydrogen-bond acceptors (Lipinski definition) is 4. The van der Waals surface area contributed by atoms with Gasteiger partial charge in [-0.3, -0.25) is 4.79 Å². The van der Waals surface area contributed by atoms with Gasteiger partial charge in [0.15, 0.2) is 0 Å². The smallest absolute Gasteiger partial charge is 0.242 e. The van der Waals surface area contributed by atoms with Crippen LogP contribution in [0.15, 0.2) is 53.3 Å². The molecule has 3 heterocycles. The molecule has 0 aliphatic carbocycles. The maximum atomic E-state index is 13.0. The first-order valence-electron chi connectivity index (χ1n) is 7.80. The van der Waals surface area contributed by atoms with Gasteiger partial charge in [-0.25, -0.2) is 9.37 Å². The van der Waals surface area contributed by atoms with Gasteiger partial charge in [-0.1, -0.05) is 12.1 Å². The molecule has 1 fully saturated rings. The normalized spacial score (nSPS) is 15.3. The molecule has 2 aromatic heterocycles. The molecule has 5 nitrogen and oxygen atoms in total. The van der Waals surface area contributed by atoms with Crippen LogP contribution >= 0.6 is 0 Å². The van der Waals surface area contributed by atoms with Crippen LogP contribution in [-0.4, -0.2) is 35.4 Å². The summed E-state index contributed by atoms with van der Waals surface area (Å²) >= 11 is 0. The Hall–Kier alpha value is -2.89. The number of furan rings is 1. The monoisotopic (exact) mass is 325 g/mol. The van der Waals surface area contributed by atoms with Gasteiger partial charge in [0.25, 0.3) is 0 Å². The zero-order chi connectivity index (χ0) is 16.5. The fourth-order valence-corrected chi connectivity index (χ4v) is 3.00. The van der Waals surface area contributed by atoms with Crippen LogP contribution in [0.25, 0.3) is 11.0 Å². The Morgan fingerprint density at radius 2 is 1.96 bits per heavy atom. The van der Waals surface area contributed by atoms with E-state index in [2.05, 4.69) is 4.98 Å². The van der Waals surface area contributed by atoms with Crippen LogP contribution in [0.5, 0.6) is 0 Å². The third-order valence-electron chi connectivity index (χ3n) is 4.26. The number of anilines is 1. The summed E-state index contributed by atoms with van der Waals surface area (Å²) < 4.78 is 18.4. The lowest BCUT2D eigenvalue weighted by Gasteiger charge is -2.35. The summed E-state index contributed by atoms with van der Waals surface area (Å²) in [5, 5.41) is 0.914. The fraction of sp³-hybridized carbons (Fsp3) is 0.222. The average Bonchev–Trinajstić information content (AvgIpc) is 3.07. The van der Waals surface area contributed by atoms with Gasteiger partial charge in [0.2, 0.25) is 5.91 Å². The third-order valence-corrected chi connectivity index (χ3v) is 4.26. The van der Waals surface area contributed by atoms with Gasteiger partial charge >= 0.3 is 0 Å². The largest absolute Gasteiger partial charge is 0.464 e. The molecule has 1 saturated heterocycles. The molecule has 4 rings (SSSR count). The lowest BCUT2D eigenvalue weighted by Crippen LogP contribution is -2.50. The first-order valence-corrected chi connectivity index (χ1v) is 7.80. The second-order valence-electron chi connectivity index (χ2n) is 5.83. The molecule has 0 unspecified atom stereocenters. The Kier molecular flexibility index (Phi) is 3.65. The van der Waals surface area contributed by atoms with E-state index in [1.165, 1.54) is 12.1 Å². The van der Waals surface area contributed by atoms with E-state index in [4.69, 9.17) is 4.42 Å². The van der Waals surface area contributed by atoms with Crippen molar-refractivity contribution in [2.24, 2.45) is 0 Å². The van der Waals surface area contributed by atoms with Gasteiger partial charge in [0.1, 0.15) is 17.2 Å². The number of rotatable bonds is 3.